The standard InChI is InChI=1S/C18H22FN3O2/c1-18(2,3)17-20-14-7-8-22(10-12(14)16(24)21-17)9-11-5-4-6-13(19)15(11)23/h4-6,23H,7-10H2,1-3H3,(H,20,21,24). The molecule has 2 N–H and O–H groups in total. The molecule has 0 saturated carbocycles. The minimum Gasteiger partial charge on any atom is -0.505 e. The van der Waals surface area contributed by atoms with Gasteiger partial charge in [0.15, 0.2) is 11.6 Å². The highest BCUT2D eigenvalue weighted by atomic mass is 19.1. The molecule has 1 aromatic carbocycles. The van der Waals surface area contributed by atoms with Gasteiger partial charge in [0, 0.05) is 37.0 Å². The number of rotatable bonds is 2. The predicted octanol–water partition coefficient (Wildman–Crippen LogP) is 2.47. The normalized spacial score (nSPS) is 15.3. The summed E-state index contributed by atoms with van der Waals surface area (Å²) < 4.78 is 13.5. The fourth-order valence-corrected chi connectivity index (χ4v) is 2.90. The molecule has 0 saturated heterocycles. The van der Waals surface area contributed by atoms with E-state index >= 15 is 0 Å². The van der Waals surface area contributed by atoms with Gasteiger partial charge in [-0.2, -0.15) is 0 Å². The molecule has 0 atom stereocenters. The van der Waals surface area contributed by atoms with Crippen molar-refractivity contribution in [2.24, 2.45) is 0 Å². The van der Waals surface area contributed by atoms with Crippen LogP contribution >= 0.6 is 0 Å². The summed E-state index contributed by atoms with van der Waals surface area (Å²) in [4.78, 5) is 21.9. The fourth-order valence-electron chi connectivity index (χ4n) is 2.90. The van der Waals surface area contributed by atoms with Gasteiger partial charge in [0.2, 0.25) is 0 Å². The third kappa shape index (κ3) is 3.19. The van der Waals surface area contributed by atoms with E-state index in [9.17, 15) is 14.3 Å². The first kappa shape index (κ1) is 16.6. The Balaban J connectivity index is 1.85. The van der Waals surface area contributed by atoms with Crippen LogP contribution < -0.4 is 5.56 Å². The van der Waals surface area contributed by atoms with Crippen LogP contribution in [-0.4, -0.2) is 26.5 Å². The van der Waals surface area contributed by atoms with E-state index < -0.39 is 5.82 Å². The number of nitrogens with one attached hydrogen (secondary N) is 1. The van der Waals surface area contributed by atoms with Crippen molar-refractivity contribution < 1.29 is 9.50 Å². The lowest BCUT2D eigenvalue weighted by atomic mass is 9.95. The summed E-state index contributed by atoms with van der Waals surface area (Å²) in [5.74, 6) is -0.250. The average molecular weight is 331 g/mol. The van der Waals surface area contributed by atoms with Crippen LogP contribution in [0.3, 0.4) is 0 Å². The van der Waals surface area contributed by atoms with Crippen molar-refractivity contribution >= 4 is 0 Å². The summed E-state index contributed by atoms with van der Waals surface area (Å²) in [6.45, 7) is 7.59. The number of halogens is 1. The zero-order valence-corrected chi connectivity index (χ0v) is 14.2. The number of hydrogen-bond donors (Lipinski definition) is 2. The molecule has 128 valence electrons. The smallest absolute Gasteiger partial charge is 0.255 e. The molecule has 24 heavy (non-hydrogen) atoms. The van der Waals surface area contributed by atoms with E-state index in [4.69, 9.17) is 0 Å². The van der Waals surface area contributed by atoms with Crippen molar-refractivity contribution in [3.63, 3.8) is 0 Å². The molecule has 0 fully saturated rings. The summed E-state index contributed by atoms with van der Waals surface area (Å²) in [5.41, 5.74) is 1.69. The molecular formula is C18H22FN3O2. The SMILES string of the molecule is CC(C)(C)c1nc2c(c(=O)[nH]1)CN(Cc1cccc(F)c1O)CC2. The lowest BCUT2D eigenvalue weighted by molar-refractivity contribution is 0.237. The molecule has 3 rings (SSSR count). The molecule has 2 heterocycles. The Labute approximate surface area is 140 Å². The first-order chi connectivity index (χ1) is 11.3. The monoisotopic (exact) mass is 331 g/mol. The van der Waals surface area contributed by atoms with Crippen LogP contribution in [0.5, 0.6) is 5.75 Å². The maximum absolute atomic E-state index is 13.5. The first-order valence-electron chi connectivity index (χ1n) is 8.07. The topological polar surface area (TPSA) is 69.2 Å². The largest absolute Gasteiger partial charge is 0.505 e. The molecule has 0 bridgehead atoms. The molecule has 1 aromatic heterocycles. The first-order valence-corrected chi connectivity index (χ1v) is 8.07. The number of phenolic OH excluding ortho intramolecular Hbond substituents is 1. The van der Waals surface area contributed by atoms with Crippen LogP contribution in [0.1, 0.15) is 43.4 Å². The number of phenols is 1. The lowest BCUT2D eigenvalue weighted by Gasteiger charge is -2.29. The third-order valence-electron chi connectivity index (χ3n) is 4.32. The van der Waals surface area contributed by atoms with E-state index in [1.54, 1.807) is 12.1 Å². The Hall–Kier alpha value is -2.21. The van der Waals surface area contributed by atoms with E-state index in [1.165, 1.54) is 6.07 Å². The van der Waals surface area contributed by atoms with E-state index in [0.29, 0.717) is 43.0 Å². The van der Waals surface area contributed by atoms with Crippen LogP contribution in [0.4, 0.5) is 4.39 Å². The highest BCUT2D eigenvalue weighted by Crippen LogP contribution is 2.25. The molecule has 0 aliphatic carbocycles. The van der Waals surface area contributed by atoms with Crippen LogP contribution in [0.15, 0.2) is 23.0 Å². The van der Waals surface area contributed by atoms with Crippen molar-refractivity contribution in [2.75, 3.05) is 6.54 Å². The van der Waals surface area contributed by atoms with Crippen molar-refractivity contribution in [2.45, 2.75) is 45.7 Å². The Kier molecular flexibility index (Phi) is 4.17. The highest BCUT2D eigenvalue weighted by molar-refractivity contribution is 5.33. The maximum Gasteiger partial charge on any atom is 0.255 e. The number of hydrogen-bond acceptors (Lipinski definition) is 4. The number of aromatic nitrogens is 2. The molecule has 5 nitrogen and oxygen atoms in total. The number of nitrogens with zero attached hydrogens (tertiary/aromatic N) is 2. The Morgan fingerprint density at radius 1 is 1.38 bits per heavy atom. The molecule has 1 aliphatic heterocycles. The van der Waals surface area contributed by atoms with Gasteiger partial charge >= 0.3 is 0 Å². The second kappa shape index (κ2) is 6.02. The van der Waals surface area contributed by atoms with Gasteiger partial charge in [-0.05, 0) is 6.07 Å². The zero-order valence-electron chi connectivity index (χ0n) is 14.2. The summed E-state index contributed by atoms with van der Waals surface area (Å²) in [6.07, 6.45) is 0.665. The minimum absolute atomic E-state index is 0.113. The van der Waals surface area contributed by atoms with Crippen LogP contribution in [0.25, 0.3) is 0 Å². The van der Waals surface area contributed by atoms with Gasteiger partial charge < -0.3 is 10.1 Å². The van der Waals surface area contributed by atoms with Crippen molar-refractivity contribution in [1.82, 2.24) is 14.9 Å². The lowest BCUT2D eigenvalue weighted by Crippen LogP contribution is -2.37. The van der Waals surface area contributed by atoms with Gasteiger partial charge in [-0.1, -0.05) is 32.9 Å². The van der Waals surface area contributed by atoms with Gasteiger partial charge in [0.1, 0.15) is 5.82 Å². The number of benzene rings is 1. The van der Waals surface area contributed by atoms with Crippen molar-refractivity contribution in [3.8, 4) is 5.75 Å². The zero-order chi connectivity index (χ0) is 17.5. The van der Waals surface area contributed by atoms with E-state index in [0.717, 1.165) is 5.69 Å². The van der Waals surface area contributed by atoms with E-state index in [1.807, 2.05) is 25.7 Å². The number of para-hydroxylation sites is 1. The quantitative estimate of drug-likeness (QED) is 0.887. The van der Waals surface area contributed by atoms with E-state index in [-0.39, 0.29) is 16.7 Å². The summed E-state index contributed by atoms with van der Waals surface area (Å²) >= 11 is 0. The summed E-state index contributed by atoms with van der Waals surface area (Å²) in [7, 11) is 0. The fraction of sp³-hybridized carbons (Fsp3) is 0.444. The predicted molar refractivity (Wildman–Crippen MR) is 89.4 cm³/mol. The molecular weight excluding hydrogens is 309 g/mol. The average Bonchev–Trinajstić information content (AvgIpc) is 2.51. The number of H-pyrrole nitrogens is 1. The van der Waals surface area contributed by atoms with Crippen LogP contribution in [-0.2, 0) is 24.9 Å². The van der Waals surface area contributed by atoms with Crippen molar-refractivity contribution in [3.05, 3.63) is 57.0 Å². The van der Waals surface area contributed by atoms with Gasteiger partial charge in [0.05, 0.1) is 11.3 Å². The molecule has 0 spiro atoms. The second-order valence-electron chi connectivity index (χ2n) is 7.30. The molecule has 1 aliphatic rings. The third-order valence-corrected chi connectivity index (χ3v) is 4.32. The minimum atomic E-state index is -0.626. The summed E-state index contributed by atoms with van der Waals surface area (Å²) in [6, 6.07) is 4.50. The van der Waals surface area contributed by atoms with Crippen LogP contribution in [0, 0.1) is 5.82 Å². The molecule has 6 heteroatoms. The molecule has 0 unspecified atom stereocenters. The van der Waals surface area contributed by atoms with Crippen molar-refractivity contribution in [1.29, 1.82) is 0 Å². The number of aromatic amines is 1. The Morgan fingerprint density at radius 3 is 2.83 bits per heavy atom. The van der Waals surface area contributed by atoms with E-state index in [2.05, 4.69) is 9.97 Å². The Bertz CT molecular complexity index is 824. The molecule has 0 amide bonds. The van der Waals surface area contributed by atoms with Gasteiger partial charge in [-0.15, -0.1) is 0 Å². The Morgan fingerprint density at radius 2 is 2.12 bits per heavy atom. The molecule has 0 radical (unpaired) electrons. The maximum atomic E-state index is 13.5. The van der Waals surface area contributed by atoms with Gasteiger partial charge in [0.25, 0.3) is 5.56 Å². The van der Waals surface area contributed by atoms with Gasteiger partial charge in [-0.25, -0.2) is 9.37 Å². The molecule has 2 aromatic rings. The highest BCUT2D eigenvalue weighted by Gasteiger charge is 2.25. The number of fused-ring (bicyclic) bond motifs is 1. The van der Waals surface area contributed by atoms with Gasteiger partial charge in [-0.3, -0.25) is 9.69 Å². The second-order valence-corrected chi connectivity index (χ2v) is 7.30. The van der Waals surface area contributed by atoms with Crippen LogP contribution in [0.2, 0.25) is 0 Å². The summed E-state index contributed by atoms with van der Waals surface area (Å²) in [5, 5.41) is 9.82. The number of aromatic hydroxyl groups is 1.